The zero-order chi connectivity index (χ0) is 25.5. The molecule has 12 heteroatoms. The summed E-state index contributed by atoms with van der Waals surface area (Å²) in [5.74, 6) is -0.961. The van der Waals surface area contributed by atoms with E-state index in [1.165, 1.54) is 0 Å². The van der Waals surface area contributed by atoms with Gasteiger partial charge in [-0.15, -0.1) is 10.1 Å². The van der Waals surface area contributed by atoms with E-state index in [9.17, 15) is 19.7 Å². The third-order valence-corrected chi connectivity index (χ3v) is 6.52. The van der Waals surface area contributed by atoms with Crippen LogP contribution in [0.2, 0.25) is 0 Å². The van der Waals surface area contributed by atoms with Gasteiger partial charge in [0.05, 0.1) is 38.5 Å². The monoisotopic (exact) mass is 508 g/mol. The number of nitrogens with zero attached hydrogens (tertiary/aromatic N) is 2. The summed E-state index contributed by atoms with van der Waals surface area (Å²) in [6, 6.07) is 6.90. The summed E-state index contributed by atoms with van der Waals surface area (Å²) in [7, 11) is 0. The second-order valence-electron chi connectivity index (χ2n) is 9.00. The summed E-state index contributed by atoms with van der Waals surface area (Å²) in [5.41, 5.74) is 0.862. The third kappa shape index (κ3) is 6.49. The summed E-state index contributed by atoms with van der Waals surface area (Å²) in [4.78, 5) is 43.2. The van der Waals surface area contributed by atoms with Gasteiger partial charge in [-0.05, 0) is 18.9 Å². The molecule has 1 aromatic carbocycles. The topological polar surface area (TPSA) is 136 Å². The zero-order valence-electron chi connectivity index (χ0n) is 20.2. The minimum Gasteiger partial charge on any atom is -0.457 e. The van der Waals surface area contributed by atoms with Gasteiger partial charge in [-0.3, -0.25) is 9.69 Å². The van der Waals surface area contributed by atoms with Crippen molar-refractivity contribution in [3.05, 3.63) is 45.5 Å². The highest BCUT2D eigenvalue weighted by molar-refractivity contribution is 5.91. The van der Waals surface area contributed by atoms with E-state index in [-0.39, 0.29) is 31.3 Å². The quantitative estimate of drug-likeness (QED) is 0.245. The fourth-order valence-corrected chi connectivity index (χ4v) is 4.70. The molecule has 5 atom stereocenters. The van der Waals surface area contributed by atoms with Crippen molar-refractivity contribution in [1.29, 1.82) is 0 Å². The summed E-state index contributed by atoms with van der Waals surface area (Å²) in [5, 5.41) is 9.81. The SMILES string of the molecule is CCCCC(OC(=O)CN1CCOCC1)c1ccccc1C(=O)OC1CO[C@H]2[C@@H]1OC[C@H]2O[N+](=O)[O-]. The number of unbranched alkanes of at least 4 members (excludes halogenated alkanes) is 1. The summed E-state index contributed by atoms with van der Waals surface area (Å²) in [6.07, 6.45) is -1.29. The van der Waals surface area contributed by atoms with Crippen LogP contribution in [0.3, 0.4) is 0 Å². The summed E-state index contributed by atoms with van der Waals surface area (Å²) in [6.45, 7) is 4.70. The number of ether oxygens (including phenoxy) is 5. The predicted octanol–water partition coefficient (Wildman–Crippen LogP) is 1.69. The lowest BCUT2D eigenvalue weighted by Crippen LogP contribution is -2.40. The Labute approximate surface area is 208 Å². The van der Waals surface area contributed by atoms with Gasteiger partial charge >= 0.3 is 11.9 Å². The van der Waals surface area contributed by atoms with Gasteiger partial charge in [0.25, 0.3) is 5.09 Å². The van der Waals surface area contributed by atoms with Gasteiger partial charge in [-0.2, -0.15) is 0 Å². The van der Waals surface area contributed by atoms with E-state index in [0.717, 1.165) is 12.8 Å². The number of fused-ring (bicyclic) bond motifs is 1. The molecular formula is C24H32N2O10. The van der Waals surface area contributed by atoms with E-state index in [4.69, 9.17) is 23.7 Å². The highest BCUT2D eigenvalue weighted by Gasteiger charge is 2.51. The maximum Gasteiger partial charge on any atom is 0.339 e. The number of morpholine rings is 1. The highest BCUT2D eigenvalue weighted by atomic mass is 17.0. The van der Waals surface area contributed by atoms with Crippen LogP contribution < -0.4 is 0 Å². The van der Waals surface area contributed by atoms with Gasteiger partial charge < -0.3 is 28.5 Å². The lowest BCUT2D eigenvalue weighted by Gasteiger charge is -2.27. The van der Waals surface area contributed by atoms with Crippen molar-refractivity contribution in [2.24, 2.45) is 0 Å². The standard InChI is InChI=1S/C24H32N2O10/c1-2-3-8-18(34-21(27)13-25-9-11-31-12-10-25)16-6-4-5-7-17(16)24(28)35-19-14-32-23-20(36-26(29)30)15-33-22(19)23/h4-7,18-20,22-23H,2-3,8-15H2,1H3/t18?,19?,20-,22-,23-/m1/s1. The number of hydrogen-bond acceptors (Lipinski definition) is 11. The van der Waals surface area contributed by atoms with Gasteiger partial charge in [0, 0.05) is 18.7 Å². The molecule has 0 aromatic heterocycles. The van der Waals surface area contributed by atoms with Gasteiger partial charge in [-0.1, -0.05) is 31.5 Å². The van der Waals surface area contributed by atoms with E-state index in [1.54, 1.807) is 24.3 Å². The van der Waals surface area contributed by atoms with E-state index >= 15 is 0 Å². The van der Waals surface area contributed by atoms with Crippen molar-refractivity contribution in [1.82, 2.24) is 4.90 Å². The molecule has 0 aliphatic carbocycles. The fraction of sp³-hybridized carbons (Fsp3) is 0.667. The Bertz CT molecular complexity index is 922. The minimum atomic E-state index is -0.883. The Hall–Kier alpha value is -2.80. The van der Waals surface area contributed by atoms with Crippen LogP contribution in [-0.2, 0) is 33.3 Å². The van der Waals surface area contributed by atoms with Gasteiger partial charge in [-0.25, -0.2) is 4.79 Å². The molecule has 3 aliphatic rings. The molecule has 36 heavy (non-hydrogen) atoms. The second kappa shape index (κ2) is 12.4. The second-order valence-corrected chi connectivity index (χ2v) is 9.00. The molecule has 0 spiro atoms. The number of benzene rings is 1. The molecule has 3 saturated heterocycles. The molecule has 2 unspecified atom stereocenters. The number of carbonyl (C=O) groups is 2. The van der Waals surface area contributed by atoms with Crippen molar-refractivity contribution in [2.45, 2.75) is 56.7 Å². The number of carbonyl (C=O) groups excluding carboxylic acids is 2. The van der Waals surface area contributed by atoms with Crippen LogP contribution in [0.5, 0.6) is 0 Å². The zero-order valence-corrected chi connectivity index (χ0v) is 20.2. The maximum absolute atomic E-state index is 13.2. The molecule has 0 N–H and O–H groups in total. The van der Waals surface area contributed by atoms with Crippen LogP contribution in [0, 0.1) is 10.1 Å². The predicted molar refractivity (Wildman–Crippen MR) is 123 cm³/mol. The molecule has 0 radical (unpaired) electrons. The molecular weight excluding hydrogens is 476 g/mol. The Balaban J connectivity index is 1.43. The molecule has 198 valence electrons. The Morgan fingerprint density at radius 1 is 1.14 bits per heavy atom. The van der Waals surface area contributed by atoms with Gasteiger partial charge in [0.2, 0.25) is 0 Å². The van der Waals surface area contributed by atoms with Crippen molar-refractivity contribution in [2.75, 3.05) is 46.1 Å². The van der Waals surface area contributed by atoms with Gasteiger partial charge in [0.15, 0.2) is 12.2 Å². The molecule has 0 saturated carbocycles. The first-order chi connectivity index (χ1) is 17.5. The molecule has 4 rings (SSSR count). The number of hydrogen-bond donors (Lipinski definition) is 0. The number of esters is 2. The van der Waals surface area contributed by atoms with Crippen LogP contribution in [0.25, 0.3) is 0 Å². The van der Waals surface area contributed by atoms with E-state index < -0.39 is 41.6 Å². The molecule has 3 aliphatic heterocycles. The molecule has 1 aromatic rings. The molecule has 3 heterocycles. The van der Waals surface area contributed by atoms with Crippen LogP contribution >= 0.6 is 0 Å². The average Bonchev–Trinajstić information content (AvgIpc) is 3.45. The lowest BCUT2D eigenvalue weighted by atomic mass is 9.98. The Morgan fingerprint density at radius 2 is 1.83 bits per heavy atom. The summed E-state index contributed by atoms with van der Waals surface area (Å²) >= 11 is 0. The minimum absolute atomic E-state index is 0.0286. The molecule has 3 fully saturated rings. The normalized spacial score (nSPS) is 26.7. The van der Waals surface area contributed by atoms with E-state index in [1.807, 2.05) is 11.8 Å². The molecule has 0 amide bonds. The van der Waals surface area contributed by atoms with Crippen LogP contribution in [0.4, 0.5) is 0 Å². The lowest BCUT2D eigenvalue weighted by molar-refractivity contribution is -0.769. The average molecular weight is 509 g/mol. The largest absolute Gasteiger partial charge is 0.457 e. The van der Waals surface area contributed by atoms with Gasteiger partial charge in [0.1, 0.15) is 18.3 Å². The highest BCUT2D eigenvalue weighted by Crippen LogP contribution is 2.32. The first-order valence-corrected chi connectivity index (χ1v) is 12.3. The van der Waals surface area contributed by atoms with Crippen LogP contribution in [0.15, 0.2) is 24.3 Å². The van der Waals surface area contributed by atoms with Crippen LogP contribution in [-0.4, -0.2) is 92.4 Å². The third-order valence-electron chi connectivity index (χ3n) is 6.52. The van der Waals surface area contributed by atoms with Crippen molar-refractivity contribution in [3.8, 4) is 0 Å². The molecule has 0 bridgehead atoms. The maximum atomic E-state index is 13.2. The molecule has 12 nitrogen and oxygen atoms in total. The first-order valence-electron chi connectivity index (χ1n) is 12.3. The van der Waals surface area contributed by atoms with E-state index in [2.05, 4.69) is 4.84 Å². The smallest absolute Gasteiger partial charge is 0.339 e. The van der Waals surface area contributed by atoms with E-state index in [0.29, 0.717) is 38.3 Å². The van der Waals surface area contributed by atoms with Crippen LogP contribution in [0.1, 0.15) is 48.2 Å². The number of rotatable bonds is 11. The summed E-state index contributed by atoms with van der Waals surface area (Å²) < 4.78 is 28.1. The van der Waals surface area contributed by atoms with Crippen molar-refractivity contribution >= 4 is 11.9 Å². The fourth-order valence-electron chi connectivity index (χ4n) is 4.70. The van der Waals surface area contributed by atoms with Crippen molar-refractivity contribution < 1.29 is 43.2 Å². The Kier molecular flexibility index (Phi) is 9.08. The van der Waals surface area contributed by atoms with Crippen molar-refractivity contribution in [3.63, 3.8) is 0 Å². The Morgan fingerprint density at radius 3 is 2.56 bits per heavy atom. The first kappa shape index (κ1) is 26.3.